The zero-order valence-electron chi connectivity index (χ0n) is 14.7. The number of nitrogens with one attached hydrogen (secondary N) is 1. The molecule has 1 aliphatic rings. The normalized spacial score (nSPS) is 13.6. The van der Waals surface area contributed by atoms with Crippen LogP contribution >= 0.6 is 0 Å². The average Bonchev–Trinajstić information content (AvgIpc) is 3.00. The summed E-state index contributed by atoms with van der Waals surface area (Å²) in [6, 6.07) is 10.7. The van der Waals surface area contributed by atoms with Gasteiger partial charge < -0.3 is 4.90 Å². The van der Waals surface area contributed by atoms with Crippen LogP contribution in [0.4, 0.5) is 11.4 Å². The Morgan fingerprint density at radius 2 is 2.00 bits per heavy atom. The van der Waals surface area contributed by atoms with Gasteiger partial charge in [0.05, 0.1) is 10.6 Å². The molecule has 0 aliphatic carbocycles. The molecule has 1 heterocycles. The quantitative estimate of drug-likeness (QED) is 0.912. The van der Waals surface area contributed by atoms with Crippen molar-refractivity contribution >= 4 is 27.3 Å². The van der Waals surface area contributed by atoms with Gasteiger partial charge in [-0.2, -0.15) is 0 Å². The summed E-state index contributed by atoms with van der Waals surface area (Å²) in [7, 11) is -3.68. The fourth-order valence-electron chi connectivity index (χ4n) is 3.23. The smallest absolute Gasteiger partial charge is 0.261 e. The topological polar surface area (TPSA) is 66.5 Å². The molecule has 0 bridgehead atoms. The van der Waals surface area contributed by atoms with Crippen molar-refractivity contribution in [2.24, 2.45) is 0 Å². The second-order valence-electron chi connectivity index (χ2n) is 6.28. The van der Waals surface area contributed by atoms with Gasteiger partial charge in [-0.3, -0.25) is 9.52 Å². The molecule has 2 aromatic carbocycles. The molecule has 0 radical (unpaired) electrons. The van der Waals surface area contributed by atoms with Crippen molar-refractivity contribution in [1.82, 2.24) is 0 Å². The molecule has 3 rings (SSSR count). The standard InChI is InChI=1S/C19H22N2O3S/c1-4-15-7-5-6-13(2)19(15)20-25(23,24)17-8-9-18-16(12-17)10-11-21(18)14(3)22/h5-9,12,20H,4,10-11H2,1-3H3. The molecule has 0 unspecified atom stereocenters. The van der Waals surface area contributed by atoms with Crippen LogP contribution in [0.2, 0.25) is 0 Å². The summed E-state index contributed by atoms with van der Waals surface area (Å²) in [5.74, 6) is -0.0278. The molecule has 0 saturated carbocycles. The monoisotopic (exact) mass is 358 g/mol. The van der Waals surface area contributed by atoms with E-state index in [1.54, 1.807) is 23.1 Å². The Morgan fingerprint density at radius 3 is 2.68 bits per heavy atom. The number of para-hydroxylation sites is 1. The molecule has 0 spiro atoms. The van der Waals surface area contributed by atoms with Gasteiger partial charge in [0.1, 0.15) is 0 Å². The highest BCUT2D eigenvalue weighted by molar-refractivity contribution is 7.92. The second-order valence-corrected chi connectivity index (χ2v) is 7.96. The third kappa shape index (κ3) is 3.26. The lowest BCUT2D eigenvalue weighted by atomic mass is 10.1. The van der Waals surface area contributed by atoms with Crippen LogP contribution in [-0.2, 0) is 27.7 Å². The van der Waals surface area contributed by atoms with Gasteiger partial charge >= 0.3 is 0 Å². The molecule has 1 aliphatic heterocycles. The van der Waals surface area contributed by atoms with Crippen molar-refractivity contribution in [2.45, 2.75) is 38.5 Å². The van der Waals surface area contributed by atoms with E-state index in [0.29, 0.717) is 18.7 Å². The van der Waals surface area contributed by atoms with Gasteiger partial charge in [0.25, 0.3) is 10.0 Å². The van der Waals surface area contributed by atoms with Gasteiger partial charge in [-0.05, 0) is 54.7 Å². The SMILES string of the molecule is CCc1cccc(C)c1NS(=O)(=O)c1ccc2c(c1)CCN2C(C)=O. The number of hydrogen-bond donors (Lipinski definition) is 1. The third-order valence-electron chi connectivity index (χ3n) is 4.61. The summed E-state index contributed by atoms with van der Waals surface area (Å²) < 4.78 is 28.4. The fourth-order valence-corrected chi connectivity index (χ4v) is 4.46. The first-order chi connectivity index (χ1) is 11.8. The number of fused-ring (bicyclic) bond motifs is 1. The van der Waals surface area contributed by atoms with E-state index >= 15 is 0 Å². The van der Waals surface area contributed by atoms with E-state index in [1.807, 2.05) is 32.0 Å². The maximum atomic E-state index is 12.8. The third-order valence-corrected chi connectivity index (χ3v) is 5.96. The molecule has 5 nitrogen and oxygen atoms in total. The molecular weight excluding hydrogens is 336 g/mol. The summed E-state index contributed by atoms with van der Waals surface area (Å²) in [5, 5.41) is 0. The van der Waals surface area contributed by atoms with E-state index in [4.69, 9.17) is 0 Å². The van der Waals surface area contributed by atoms with Crippen LogP contribution in [0.1, 0.15) is 30.5 Å². The van der Waals surface area contributed by atoms with E-state index < -0.39 is 10.0 Å². The number of benzene rings is 2. The summed E-state index contributed by atoms with van der Waals surface area (Å²) in [6.07, 6.45) is 1.42. The Morgan fingerprint density at radius 1 is 1.24 bits per heavy atom. The predicted molar refractivity (Wildman–Crippen MR) is 99.5 cm³/mol. The maximum Gasteiger partial charge on any atom is 0.261 e. The van der Waals surface area contributed by atoms with Gasteiger partial charge in [0.15, 0.2) is 0 Å². The lowest BCUT2D eigenvalue weighted by molar-refractivity contribution is -0.116. The Balaban J connectivity index is 1.96. The summed E-state index contributed by atoms with van der Waals surface area (Å²) in [5.41, 5.74) is 4.20. The van der Waals surface area contributed by atoms with Crippen molar-refractivity contribution in [3.8, 4) is 0 Å². The van der Waals surface area contributed by atoms with Crippen LogP contribution < -0.4 is 9.62 Å². The maximum absolute atomic E-state index is 12.8. The molecule has 0 saturated heterocycles. The number of amides is 1. The molecule has 0 atom stereocenters. The lowest BCUT2D eigenvalue weighted by Gasteiger charge is -2.16. The molecule has 1 N–H and O–H groups in total. The van der Waals surface area contributed by atoms with E-state index in [-0.39, 0.29) is 10.8 Å². The van der Waals surface area contributed by atoms with Gasteiger partial charge in [-0.1, -0.05) is 25.1 Å². The zero-order chi connectivity index (χ0) is 18.2. The van der Waals surface area contributed by atoms with Crippen LogP contribution in [0.25, 0.3) is 0 Å². The summed E-state index contributed by atoms with van der Waals surface area (Å²) in [6.45, 7) is 6.01. The first kappa shape index (κ1) is 17.5. The fraction of sp³-hybridized carbons (Fsp3) is 0.316. The van der Waals surface area contributed by atoms with Crippen LogP contribution in [-0.4, -0.2) is 20.9 Å². The zero-order valence-corrected chi connectivity index (χ0v) is 15.5. The van der Waals surface area contributed by atoms with Gasteiger partial charge in [-0.25, -0.2) is 8.42 Å². The number of sulfonamides is 1. The van der Waals surface area contributed by atoms with Crippen LogP contribution in [0.5, 0.6) is 0 Å². The Kier molecular flexibility index (Phi) is 4.56. The average molecular weight is 358 g/mol. The largest absolute Gasteiger partial charge is 0.312 e. The van der Waals surface area contributed by atoms with Crippen molar-refractivity contribution in [3.05, 3.63) is 53.1 Å². The Bertz CT molecular complexity index is 936. The van der Waals surface area contributed by atoms with E-state index in [9.17, 15) is 13.2 Å². The molecule has 0 fully saturated rings. The minimum Gasteiger partial charge on any atom is -0.312 e. The minimum absolute atomic E-state index is 0.0278. The van der Waals surface area contributed by atoms with Crippen molar-refractivity contribution in [2.75, 3.05) is 16.2 Å². The minimum atomic E-state index is -3.68. The number of rotatable bonds is 4. The Labute approximate surface area is 148 Å². The second kappa shape index (κ2) is 6.52. The van der Waals surface area contributed by atoms with Crippen LogP contribution in [0.15, 0.2) is 41.3 Å². The van der Waals surface area contributed by atoms with E-state index in [2.05, 4.69) is 4.72 Å². The molecule has 0 aromatic heterocycles. The molecule has 25 heavy (non-hydrogen) atoms. The molecule has 6 heteroatoms. The summed E-state index contributed by atoms with van der Waals surface area (Å²) >= 11 is 0. The van der Waals surface area contributed by atoms with Crippen molar-refractivity contribution in [1.29, 1.82) is 0 Å². The summed E-state index contributed by atoms with van der Waals surface area (Å²) in [4.78, 5) is 13.5. The number of anilines is 2. The van der Waals surface area contributed by atoms with Crippen LogP contribution in [0.3, 0.4) is 0 Å². The number of hydrogen-bond acceptors (Lipinski definition) is 3. The first-order valence-corrected chi connectivity index (χ1v) is 9.84. The number of nitrogens with zero attached hydrogens (tertiary/aromatic N) is 1. The molecule has 132 valence electrons. The number of aryl methyl sites for hydroxylation is 2. The highest BCUT2D eigenvalue weighted by Gasteiger charge is 2.25. The van der Waals surface area contributed by atoms with Gasteiger partial charge in [-0.15, -0.1) is 0 Å². The van der Waals surface area contributed by atoms with Crippen LogP contribution in [0, 0.1) is 6.92 Å². The number of carbonyl (C=O) groups is 1. The van der Waals surface area contributed by atoms with Crippen molar-refractivity contribution < 1.29 is 13.2 Å². The predicted octanol–water partition coefficient (Wildman–Crippen LogP) is 3.27. The highest BCUT2D eigenvalue weighted by atomic mass is 32.2. The van der Waals surface area contributed by atoms with E-state index in [0.717, 1.165) is 28.8 Å². The lowest BCUT2D eigenvalue weighted by Crippen LogP contribution is -2.25. The van der Waals surface area contributed by atoms with Gasteiger partial charge in [0.2, 0.25) is 5.91 Å². The van der Waals surface area contributed by atoms with E-state index in [1.165, 1.54) is 6.92 Å². The Hall–Kier alpha value is -2.34. The van der Waals surface area contributed by atoms with Gasteiger partial charge in [0, 0.05) is 19.2 Å². The first-order valence-electron chi connectivity index (χ1n) is 8.36. The number of carbonyl (C=O) groups excluding carboxylic acids is 1. The molecule has 2 aromatic rings. The molecule has 1 amide bonds. The van der Waals surface area contributed by atoms with Crippen molar-refractivity contribution in [3.63, 3.8) is 0 Å². The highest BCUT2D eigenvalue weighted by Crippen LogP contribution is 2.31. The molecular formula is C19H22N2O3S.